The van der Waals surface area contributed by atoms with Crippen LogP contribution in [0.4, 0.5) is 5.69 Å². The Morgan fingerprint density at radius 1 is 1.26 bits per heavy atom. The van der Waals surface area contributed by atoms with E-state index in [1.807, 2.05) is 37.3 Å². The SMILES string of the molecule is CC(NC(=O)CN1c2ccccc2CC1C)c1ccc(Cl)cc1. The van der Waals surface area contributed by atoms with Crippen molar-refractivity contribution >= 4 is 23.2 Å². The maximum Gasteiger partial charge on any atom is 0.240 e. The third-order valence-corrected chi connectivity index (χ3v) is 4.66. The molecule has 0 aromatic heterocycles. The first kappa shape index (κ1) is 15.9. The molecule has 0 bridgehead atoms. The molecule has 120 valence electrons. The smallest absolute Gasteiger partial charge is 0.240 e. The lowest BCUT2D eigenvalue weighted by Crippen LogP contribution is -2.40. The lowest BCUT2D eigenvalue weighted by atomic mass is 10.1. The van der Waals surface area contributed by atoms with Crippen molar-refractivity contribution < 1.29 is 4.79 Å². The van der Waals surface area contributed by atoms with Gasteiger partial charge >= 0.3 is 0 Å². The largest absolute Gasteiger partial charge is 0.359 e. The van der Waals surface area contributed by atoms with Crippen molar-refractivity contribution in [3.63, 3.8) is 0 Å². The second kappa shape index (κ2) is 6.63. The predicted octanol–water partition coefficient (Wildman–Crippen LogP) is 3.97. The number of rotatable bonds is 4. The second-order valence-electron chi connectivity index (χ2n) is 6.15. The molecule has 0 spiro atoms. The third-order valence-electron chi connectivity index (χ3n) is 4.41. The van der Waals surface area contributed by atoms with Gasteiger partial charge in [0.25, 0.3) is 0 Å². The molecule has 1 aliphatic heterocycles. The van der Waals surface area contributed by atoms with Gasteiger partial charge in [0.15, 0.2) is 0 Å². The number of amides is 1. The van der Waals surface area contributed by atoms with Gasteiger partial charge in [-0.15, -0.1) is 0 Å². The van der Waals surface area contributed by atoms with E-state index in [9.17, 15) is 4.79 Å². The van der Waals surface area contributed by atoms with E-state index < -0.39 is 0 Å². The molecule has 3 nitrogen and oxygen atoms in total. The van der Waals surface area contributed by atoms with Crippen molar-refractivity contribution in [2.75, 3.05) is 11.4 Å². The van der Waals surface area contributed by atoms with Gasteiger partial charge in [-0.05, 0) is 49.6 Å². The molecule has 2 aromatic carbocycles. The van der Waals surface area contributed by atoms with Crippen LogP contribution in [-0.4, -0.2) is 18.5 Å². The first-order valence-electron chi connectivity index (χ1n) is 7.94. The highest BCUT2D eigenvalue weighted by molar-refractivity contribution is 6.30. The lowest BCUT2D eigenvalue weighted by Gasteiger charge is -2.25. The topological polar surface area (TPSA) is 32.3 Å². The number of para-hydroxylation sites is 1. The molecule has 3 rings (SSSR count). The van der Waals surface area contributed by atoms with Gasteiger partial charge in [-0.2, -0.15) is 0 Å². The fourth-order valence-corrected chi connectivity index (χ4v) is 3.27. The number of anilines is 1. The van der Waals surface area contributed by atoms with Crippen molar-refractivity contribution in [3.05, 3.63) is 64.7 Å². The van der Waals surface area contributed by atoms with Gasteiger partial charge in [-0.1, -0.05) is 41.9 Å². The zero-order chi connectivity index (χ0) is 16.4. The Balaban J connectivity index is 1.64. The van der Waals surface area contributed by atoms with Crippen LogP contribution in [0.2, 0.25) is 5.02 Å². The van der Waals surface area contributed by atoms with E-state index in [0.717, 1.165) is 12.0 Å². The van der Waals surface area contributed by atoms with Gasteiger partial charge in [0.2, 0.25) is 5.91 Å². The molecule has 1 amide bonds. The molecular formula is C19H21ClN2O. The number of fused-ring (bicyclic) bond motifs is 1. The number of hydrogen-bond acceptors (Lipinski definition) is 2. The zero-order valence-electron chi connectivity index (χ0n) is 13.4. The average Bonchev–Trinajstić information content (AvgIpc) is 2.84. The van der Waals surface area contributed by atoms with Crippen molar-refractivity contribution in [1.82, 2.24) is 5.32 Å². The Kier molecular flexibility index (Phi) is 4.58. The zero-order valence-corrected chi connectivity index (χ0v) is 14.2. The predicted molar refractivity (Wildman–Crippen MR) is 95.0 cm³/mol. The van der Waals surface area contributed by atoms with Gasteiger partial charge in [0.05, 0.1) is 12.6 Å². The summed E-state index contributed by atoms with van der Waals surface area (Å²) >= 11 is 5.91. The van der Waals surface area contributed by atoms with Crippen molar-refractivity contribution in [2.45, 2.75) is 32.4 Å². The van der Waals surface area contributed by atoms with Gasteiger partial charge in [0.1, 0.15) is 0 Å². The minimum atomic E-state index is -0.0343. The van der Waals surface area contributed by atoms with Gasteiger partial charge < -0.3 is 10.2 Å². The molecule has 1 aliphatic rings. The summed E-state index contributed by atoms with van der Waals surface area (Å²) in [6.07, 6.45) is 0.996. The van der Waals surface area contributed by atoms with Gasteiger partial charge in [-0.25, -0.2) is 0 Å². The highest BCUT2D eigenvalue weighted by atomic mass is 35.5. The Bertz CT molecular complexity index is 699. The molecule has 1 heterocycles. The quantitative estimate of drug-likeness (QED) is 0.921. The summed E-state index contributed by atoms with van der Waals surface area (Å²) < 4.78 is 0. The normalized spacial score (nSPS) is 17.7. The number of nitrogens with zero attached hydrogens (tertiary/aromatic N) is 1. The van der Waals surface area contributed by atoms with E-state index in [1.54, 1.807) is 0 Å². The van der Waals surface area contributed by atoms with Crippen LogP contribution in [0.15, 0.2) is 48.5 Å². The van der Waals surface area contributed by atoms with Crippen LogP contribution in [0.5, 0.6) is 0 Å². The number of carbonyl (C=O) groups is 1. The molecule has 1 N–H and O–H groups in total. The Morgan fingerprint density at radius 2 is 1.96 bits per heavy atom. The first-order chi connectivity index (χ1) is 11.0. The van der Waals surface area contributed by atoms with Gasteiger partial charge in [-0.3, -0.25) is 4.79 Å². The van der Waals surface area contributed by atoms with E-state index in [0.29, 0.717) is 17.6 Å². The molecule has 23 heavy (non-hydrogen) atoms. The van der Waals surface area contributed by atoms with E-state index >= 15 is 0 Å². The molecule has 0 aliphatic carbocycles. The average molecular weight is 329 g/mol. The summed E-state index contributed by atoms with van der Waals surface area (Å²) in [5, 5.41) is 3.77. The minimum absolute atomic E-state index is 0.0343. The molecule has 2 atom stereocenters. The van der Waals surface area contributed by atoms with E-state index in [4.69, 9.17) is 11.6 Å². The summed E-state index contributed by atoms with van der Waals surface area (Å²) in [6.45, 7) is 4.54. The summed E-state index contributed by atoms with van der Waals surface area (Å²) in [7, 11) is 0. The number of carbonyl (C=O) groups excluding carboxylic acids is 1. The van der Waals surface area contributed by atoms with Crippen molar-refractivity contribution in [3.8, 4) is 0 Å². The van der Waals surface area contributed by atoms with Crippen LogP contribution < -0.4 is 10.2 Å². The lowest BCUT2D eigenvalue weighted by molar-refractivity contribution is -0.120. The molecular weight excluding hydrogens is 308 g/mol. The van der Waals surface area contributed by atoms with Gasteiger partial charge in [0, 0.05) is 16.8 Å². The van der Waals surface area contributed by atoms with Crippen LogP contribution >= 0.6 is 11.6 Å². The molecule has 0 fully saturated rings. The van der Waals surface area contributed by atoms with E-state index in [-0.39, 0.29) is 11.9 Å². The minimum Gasteiger partial charge on any atom is -0.359 e. The monoisotopic (exact) mass is 328 g/mol. The van der Waals surface area contributed by atoms with Crippen molar-refractivity contribution in [1.29, 1.82) is 0 Å². The Morgan fingerprint density at radius 3 is 2.70 bits per heavy atom. The number of halogens is 1. The molecule has 0 radical (unpaired) electrons. The molecule has 0 saturated heterocycles. The second-order valence-corrected chi connectivity index (χ2v) is 6.59. The number of benzene rings is 2. The van der Waals surface area contributed by atoms with E-state index in [2.05, 4.69) is 35.3 Å². The summed E-state index contributed by atoms with van der Waals surface area (Å²) in [5.41, 5.74) is 3.55. The third kappa shape index (κ3) is 3.50. The molecule has 4 heteroatoms. The maximum absolute atomic E-state index is 12.4. The Hall–Kier alpha value is -2.00. The summed E-state index contributed by atoms with van der Waals surface area (Å²) in [6, 6.07) is 16.2. The van der Waals surface area contributed by atoms with E-state index in [1.165, 1.54) is 11.3 Å². The first-order valence-corrected chi connectivity index (χ1v) is 8.32. The fraction of sp³-hybridized carbons (Fsp3) is 0.316. The fourth-order valence-electron chi connectivity index (χ4n) is 3.15. The highest BCUT2D eigenvalue weighted by Crippen LogP contribution is 2.31. The molecule has 0 saturated carbocycles. The Labute approximate surface area is 142 Å². The van der Waals surface area contributed by atoms with Crippen LogP contribution in [0.1, 0.15) is 31.0 Å². The standard InChI is InChI=1S/C19H21ClN2O/c1-13-11-16-5-3-4-6-18(16)22(13)12-19(23)21-14(2)15-7-9-17(20)10-8-15/h3-10,13-14H,11-12H2,1-2H3,(H,21,23). The number of nitrogens with one attached hydrogen (secondary N) is 1. The summed E-state index contributed by atoms with van der Waals surface area (Å²) in [5.74, 6) is 0.0380. The summed E-state index contributed by atoms with van der Waals surface area (Å²) in [4.78, 5) is 14.6. The van der Waals surface area contributed by atoms with Crippen LogP contribution in [0.3, 0.4) is 0 Å². The molecule has 2 unspecified atom stereocenters. The molecule has 2 aromatic rings. The maximum atomic E-state index is 12.4. The van der Waals surface area contributed by atoms with Crippen LogP contribution in [0.25, 0.3) is 0 Å². The highest BCUT2D eigenvalue weighted by Gasteiger charge is 2.27. The number of hydrogen-bond donors (Lipinski definition) is 1. The van der Waals surface area contributed by atoms with Crippen LogP contribution in [0, 0.1) is 0 Å². The van der Waals surface area contributed by atoms with Crippen LogP contribution in [-0.2, 0) is 11.2 Å². The van der Waals surface area contributed by atoms with Crippen molar-refractivity contribution in [2.24, 2.45) is 0 Å².